The summed E-state index contributed by atoms with van der Waals surface area (Å²) in [5, 5.41) is 0. The molecule has 3 nitrogen and oxygen atoms in total. The molecule has 2 N–H and O–H groups in total. The smallest absolute Gasteiger partial charge is 0.119 e. The maximum atomic E-state index is 6.08. The zero-order chi connectivity index (χ0) is 13.4. The van der Waals surface area contributed by atoms with Crippen LogP contribution in [0.4, 0.5) is 0 Å². The van der Waals surface area contributed by atoms with Crippen molar-refractivity contribution in [3.8, 4) is 5.75 Å². The van der Waals surface area contributed by atoms with Crippen LogP contribution in [0.5, 0.6) is 5.75 Å². The number of ether oxygens (including phenoxy) is 2. The molecule has 1 unspecified atom stereocenters. The van der Waals surface area contributed by atoms with Crippen LogP contribution in [0.15, 0.2) is 24.3 Å². The first-order valence-corrected chi connectivity index (χ1v) is 6.60. The van der Waals surface area contributed by atoms with E-state index in [9.17, 15) is 0 Å². The van der Waals surface area contributed by atoms with Crippen molar-refractivity contribution in [3.63, 3.8) is 0 Å². The molecular weight excluding hydrogens is 226 g/mol. The van der Waals surface area contributed by atoms with Crippen LogP contribution in [-0.2, 0) is 4.74 Å². The summed E-state index contributed by atoms with van der Waals surface area (Å²) in [7, 11) is 1.66. The number of rotatable bonds is 8. The molecule has 1 atom stereocenters. The minimum absolute atomic E-state index is 0.0841. The van der Waals surface area contributed by atoms with E-state index in [0.717, 1.165) is 30.3 Å². The lowest BCUT2D eigenvalue weighted by molar-refractivity contribution is 0.115. The average molecular weight is 251 g/mol. The van der Waals surface area contributed by atoms with Gasteiger partial charge in [0.1, 0.15) is 5.75 Å². The first kappa shape index (κ1) is 15.0. The standard InChI is InChI=1S/C15H25NO2/c1-12(2)6-5-9-18-11-15(16)13-7-4-8-14(10-13)17-3/h4,7-8,10,12,15H,5-6,9,11,16H2,1-3H3. The van der Waals surface area contributed by atoms with Crippen LogP contribution in [-0.4, -0.2) is 20.3 Å². The highest BCUT2D eigenvalue weighted by Gasteiger charge is 2.07. The number of methoxy groups -OCH3 is 1. The summed E-state index contributed by atoms with van der Waals surface area (Å²) < 4.78 is 10.8. The third-order valence-corrected chi connectivity index (χ3v) is 2.89. The second-order valence-corrected chi connectivity index (χ2v) is 4.99. The van der Waals surface area contributed by atoms with Gasteiger partial charge in [0, 0.05) is 6.61 Å². The molecule has 0 saturated heterocycles. The van der Waals surface area contributed by atoms with Crippen molar-refractivity contribution in [1.29, 1.82) is 0 Å². The number of hydrogen-bond donors (Lipinski definition) is 1. The largest absolute Gasteiger partial charge is 0.497 e. The average Bonchev–Trinajstić information content (AvgIpc) is 2.37. The molecule has 102 valence electrons. The molecule has 0 heterocycles. The van der Waals surface area contributed by atoms with Gasteiger partial charge in [0.05, 0.1) is 19.8 Å². The van der Waals surface area contributed by atoms with E-state index >= 15 is 0 Å². The first-order valence-electron chi connectivity index (χ1n) is 6.60. The zero-order valence-electron chi connectivity index (χ0n) is 11.7. The van der Waals surface area contributed by atoms with Gasteiger partial charge in [-0.15, -0.1) is 0 Å². The normalized spacial score (nSPS) is 12.7. The van der Waals surface area contributed by atoms with Gasteiger partial charge >= 0.3 is 0 Å². The molecular formula is C15H25NO2. The van der Waals surface area contributed by atoms with Crippen LogP contribution in [0.25, 0.3) is 0 Å². The third kappa shape index (κ3) is 5.52. The molecule has 0 bridgehead atoms. The van der Waals surface area contributed by atoms with Gasteiger partial charge in [-0.3, -0.25) is 0 Å². The van der Waals surface area contributed by atoms with E-state index in [0.29, 0.717) is 6.61 Å². The second-order valence-electron chi connectivity index (χ2n) is 4.99. The maximum Gasteiger partial charge on any atom is 0.119 e. The zero-order valence-corrected chi connectivity index (χ0v) is 11.7. The second kappa shape index (κ2) is 8.11. The lowest BCUT2D eigenvalue weighted by Gasteiger charge is -2.14. The molecule has 0 saturated carbocycles. The van der Waals surface area contributed by atoms with E-state index in [1.165, 1.54) is 6.42 Å². The van der Waals surface area contributed by atoms with Gasteiger partial charge in [-0.2, -0.15) is 0 Å². The molecule has 1 aromatic rings. The summed E-state index contributed by atoms with van der Waals surface area (Å²) in [4.78, 5) is 0. The van der Waals surface area contributed by atoms with Crippen molar-refractivity contribution in [2.24, 2.45) is 11.7 Å². The Labute approximate surface area is 110 Å². The van der Waals surface area contributed by atoms with Gasteiger partial charge in [-0.05, 0) is 36.5 Å². The van der Waals surface area contributed by atoms with E-state index in [2.05, 4.69) is 13.8 Å². The Kier molecular flexibility index (Phi) is 6.76. The Morgan fingerprint density at radius 2 is 2.06 bits per heavy atom. The topological polar surface area (TPSA) is 44.5 Å². The van der Waals surface area contributed by atoms with Crippen LogP contribution < -0.4 is 10.5 Å². The van der Waals surface area contributed by atoms with Gasteiger partial charge < -0.3 is 15.2 Å². The first-order chi connectivity index (χ1) is 8.63. The van der Waals surface area contributed by atoms with Crippen LogP contribution in [0.2, 0.25) is 0 Å². The van der Waals surface area contributed by atoms with Crippen LogP contribution >= 0.6 is 0 Å². The molecule has 0 fully saturated rings. The van der Waals surface area contributed by atoms with Crippen molar-refractivity contribution in [3.05, 3.63) is 29.8 Å². The number of nitrogens with two attached hydrogens (primary N) is 1. The van der Waals surface area contributed by atoms with Crippen LogP contribution in [0.3, 0.4) is 0 Å². The summed E-state index contributed by atoms with van der Waals surface area (Å²) in [5.74, 6) is 1.57. The molecule has 0 aliphatic heterocycles. The Morgan fingerprint density at radius 1 is 1.28 bits per heavy atom. The van der Waals surface area contributed by atoms with Crippen LogP contribution in [0, 0.1) is 5.92 Å². The van der Waals surface area contributed by atoms with Crippen molar-refractivity contribution >= 4 is 0 Å². The Morgan fingerprint density at radius 3 is 2.72 bits per heavy atom. The lowest BCUT2D eigenvalue weighted by atomic mass is 10.1. The Hall–Kier alpha value is -1.06. The predicted octanol–water partition coefficient (Wildman–Crippen LogP) is 3.15. The molecule has 1 aromatic carbocycles. The fourth-order valence-corrected chi connectivity index (χ4v) is 1.77. The third-order valence-electron chi connectivity index (χ3n) is 2.89. The molecule has 0 aromatic heterocycles. The highest BCUT2D eigenvalue weighted by Crippen LogP contribution is 2.17. The summed E-state index contributed by atoms with van der Waals surface area (Å²) in [6.07, 6.45) is 2.30. The molecule has 0 amide bonds. The Bertz CT molecular complexity index is 339. The highest BCUT2D eigenvalue weighted by molar-refractivity contribution is 5.30. The van der Waals surface area contributed by atoms with Gasteiger partial charge in [0.25, 0.3) is 0 Å². The van der Waals surface area contributed by atoms with E-state index in [1.807, 2.05) is 24.3 Å². The summed E-state index contributed by atoms with van der Waals surface area (Å²) in [6, 6.07) is 7.75. The SMILES string of the molecule is COc1cccc(C(N)COCCCC(C)C)c1. The van der Waals surface area contributed by atoms with E-state index in [4.69, 9.17) is 15.2 Å². The number of hydrogen-bond acceptors (Lipinski definition) is 3. The molecule has 18 heavy (non-hydrogen) atoms. The van der Waals surface area contributed by atoms with Crippen molar-refractivity contribution in [2.75, 3.05) is 20.3 Å². The molecule has 0 aliphatic rings. The van der Waals surface area contributed by atoms with Gasteiger partial charge in [-0.25, -0.2) is 0 Å². The van der Waals surface area contributed by atoms with Gasteiger partial charge in [0.15, 0.2) is 0 Å². The monoisotopic (exact) mass is 251 g/mol. The fourth-order valence-electron chi connectivity index (χ4n) is 1.77. The van der Waals surface area contributed by atoms with Gasteiger partial charge in [-0.1, -0.05) is 26.0 Å². The van der Waals surface area contributed by atoms with E-state index < -0.39 is 0 Å². The van der Waals surface area contributed by atoms with Crippen molar-refractivity contribution in [1.82, 2.24) is 0 Å². The summed E-state index contributed by atoms with van der Waals surface area (Å²) in [6.45, 7) is 5.80. The minimum atomic E-state index is -0.0841. The van der Waals surface area contributed by atoms with Crippen molar-refractivity contribution in [2.45, 2.75) is 32.7 Å². The molecule has 1 rings (SSSR count). The Balaban J connectivity index is 2.29. The lowest BCUT2D eigenvalue weighted by Crippen LogP contribution is -2.17. The molecule has 0 spiro atoms. The maximum absolute atomic E-state index is 6.08. The molecule has 3 heteroatoms. The quantitative estimate of drug-likeness (QED) is 0.722. The molecule has 0 radical (unpaired) electrons. The van der Waals surface area contributed by atoms with E-state index in [1.54, 1.807) is 7.11 Å². The minimum Gasteiger partial charge on any atom is -0.497 e. The summed E-state index contributed by atoms with van der Waals surface area (Å²) >= 11 is 0. The number of benzene rings is 1. The van der Waals surface area contributed by atoms with Crippen molar-refractivity contribution < 1.29 is 9.47 Å². The van der Waals surface area contributed by atoms with E-state index in [-0.39, 0.29) is 6.04 Å². The fraction of sp³-hybridized carbons (Fsp3) is 0.600. The highest BCUT2D eigenvalue weighted by atomic mass is 16.5. The molecule has 0 aliphatic carbocycles. The van der Waals surface area contributed by atoms with Gasteiger partial charge in [0.2, 0.25) is 0 Å². The predicted molar refractivity (Wildman–Crippen MR) is 74.8 cm³/mol. The van der Waals surface area contributed by atoms with Crippen LogP contribution in [0.1, 0.15) is 38.3 Å². The summed E-state index contributed by atoms with van der Waals surface area (Å²) in [5.41, 5.74) is 7.13.